The number of rotatable bonds is 6. The lowest BCUT2D eigenvalue weighted by molar-refractivity contribution is 0.00368. The van der Waals surface area contributed by atoms with Gasteiger partial charge in [-0.05, 0) is 75.2 Å². The Hall–Kier alpha value is -2.94. The summed E-state index contributed by atoms with van der Waals surface area (Å²) in [5, 5.41) is 0. The molecule has 0 bridgehead atoms. The van der Waals surface area contributed by atoms with E-state index in [2.05, 4.69) is 26.0 Å². The fourth-order valence-corrected chi connectivity index (χ4v) is 3.08. The van der Waals surface area contributed by atoms with Gasteiger partial charge in [0, 0.05) is 5.56 Å². The molecule has 0 aliphatic rings. The molecule has 3 rings (SSSR count). The Morgan fingerprint density at radius 2 is 1.04 bits per heavy atom. The second-order valence-electron chi connectivity index (χ2n) is 6.88. The molecular weight excluding hydrogens is 336 g/mol. The number of hydrogen-bond donors (Lipinski definition) is 0. The highest BCUT2D eigenvalue weighted by Gasteiger charge is 2.18. The van der Waals surface area contributed by atoms with Crippen molar-refractivity contribution in [3.05, 3.63) is 88.5 Å². The Labute approximate surface area is 161 Å². The molecule has 3 aromatic carbocycles. The van der Waals surface area contributed by atoms with Gasteiger partial charge in [-0.1, -0.05) is 35.4 Å². The molecule has 0 radical (unpaired) electrons. The largest absolute Gasteiger partial charge is 0.496 e. The van der Waals surface area contributed by atoms with Crippen LogP contribution in [0.3, 0.4) is 0 Å². The summed E-state index contributed by atoms with van der Waals surface area (Å²) in [6, 6.07) is 20.1. The Balaban J connectivity index is 1.95. The zero-order valence-electron chi connectivity index (χ0n) is 16.6. The van der Waals surface area contributed by atoms with Crippen molar-refractivity contribution in [3.63, 3.8) is 0 Å². The van der Waals surface area contributed by atoms with E-state index in [0.29, 0.717) is 0 Å². The van der Waals surface area contributed by atoms with Gasteiger partial charge in [-0.15, -0.1) is 0 Å². The molecule has 0 heterocycles. The van der Waals surface area contributed by atoms with Gasteiger partial charge in [0.2, 0.25) is 0 Å². The highest BCUT2D eigenvalue weighted by Crippen LogP contribution is 2.31. The molecule has 0 saturated carbocycles. The minimum absolute atomic E-state index is 0.557. The van der Waals surface area contributed by atoms with Gasteiger partial charge in [0.15, 0.2) is 0 Å². The van der Waals surface area contributed by atoms with E-state index in [4.69, 9.17) is 14.2 Å². The van der Waals surface area contributed by atoms with Crippen molar-refractivity contribution in [1.82, 2.24) is 0 Å². The summed E-state index contributed by atoms with van der Waals surface area (Å²) >= 11 is 0. The van der Waals surface area contributed by atoms with Gasteiger partial charge >= 0.3 is 0 Å². The molecule has 0 saturated heterocycles. The number of benzene rings is 3. The molecule has 0 aliphatic carbocycles. The zero-order valence-corrected chi connectivity index (χ0v) is 16.6. The van der Waals surface area contributed by atoms with Crippen LogP contribution in [0, 0.1) is 27.7 Å². The fraction of sp³-hybridized carbons (Fsp3) is 0.250. The maximum absolute atomic E-state index is 6.21. The summed E-state index contributed by atoms with van der Waals surface area (Å²) in [5.74, 6) is 2.43. The van der Waals surface area contributed by atoms with Gasteiger partial charge in [-0.25, -0.2) is 0 Å². The summed E-state index contributed by atoms with van der Waals surface area (Å²) in [5.41, 5.74) is 5.44. The van der Waals surface area contributed by atoms with Crippen molar-refractivity contribution in [2.75, 3.05) is 7.11 Å². The maximum Gasteiger partial charge on any atom is 0.267 e. The first-order valence-electron chi connectivity index (χ1n) is 9.08. The second kappa shape index (κ2) is 8.17. The molecule has 0 aromatic heterocycles. The summed E-state index contributed by atoms with van der Waals surface area (Å²) in [4.78, 5) is 0. The molecule has 0 N–H and O–H groups in total. The first kappa shape index (κ1) is 18.8. The first-order valence-corrected chi connectivity index (χ1v) is 9.08. The molecule has 0 fully saturated rings. The van der Waals surface area contributed by atoms with E-state index in [1.165, 1.54) is 11.1 Å². The normalized spacial score (nSPS) is 10.7. The van der Waals surface area contributed by atoms with Crippen LogP contribution in [0.1, 0.15) is 34.1 Å². The average Bonchev–Trinajstić information content (AvgIpc) is 2.64. The van der Waals surface area contributed by atoms with Crippen molar-refractivity contribution in [3.8, 4) is 17.2 Å². The lowest BCUT2D eigenvalue weighted by Gasteiger charge is -2.23. The smallest absolute Gasteiger partial charge is 0.267 e. The van der Waals surface area contributed by atoms with E-state index in [-0.39, 0.29) is 0 Å². The number of methoxy groups -OCH3 is 1. The van der Waals surface area contributed by atoms with Crippen LogP contribution in [0.5, 0.6) is 17.2 Å². The lowest BCUT2D eigenvalue weighted by Crippen LogP contribution is -2.16. The van der Waals surface area contributed by atoms with Gasteiger partial charge in [0.1, 0.15) is 17.2 Å². The lowest BCUT2D eigenvalue weighted by atomic mass is 10.1. The van der Waals surface area contributed by atoms with Crippen molar-refractivity contribution in [2.24, 2.45) is 0 Å². The van der Waals surface area contributed by atoms with Crippen molar-refractivity contribution < 1.29 is 14.2 Å². The van der Waals surface area contributed by atoms with E-state index >= 15 is 0 Å². The van der Waals surface area contributed by atoms with E-state index in [1.54, 1.807) is 7.11 Å². The summed E-state index contributed by atoms with van der Waals surface area (Å²) in [6.07, 6.45) is -0.557. The topological polar surface area (TPSA) is 27.7 Å². The van der Waals surface area contributed by atoms with Crippen LogP contribution in [0.25, 0.3) is 0 Å². The summed E-state index contributed by atoms with van der Waals surface area (Å²) in [6.45, 7) is 8.18. The van der Waals surface area contributed by atoms with Crippen LogP contribution in [-0.2, 0) is 0 Å². The second-order valence-corrected chi connectivity index (χ2v) is 6.88. The number of aryl methyl sites for hydroxylation is 4. The van der Waals surface area contributed by atoms with Crippen LogP contribution < -0.4 is 14.2 Å². The Kier molecular flexibility index (Phi) is 5.70. The molecule has 3 aromatic rings. The molecule has 0 atom stereocenters. The highest BCUT2D eigenvalue weighted by atomic mass is 16.7. The monoisotopic (exact) mass is 362 g/mol. The first-order chi connectivity index (χ1) is 13.0. The Bertz CT molecular complexity index is 825. The third-order valence-corrected chi connectivity index (χ3v) is 4.49. The summed E-state index contributed by atoms with van der Waals surface area (Å²) < 4.78 is 17.9. The van der Waals surface area contributed by atoms with Gasteiger partial charge in [0.25, 0.3) is 6.29 Å². The Morgan fingerprint density at radius 3 is 1.41 bits per heavy atom. The molecule has 3 nitrogen and oxygen atoms in total. The van der Waals surface area contributed by atoms with Gasteiger partial charge in [0.05, 0.1) is 7.11 Å². The van der Waals surface area contributed by atoms with Crippen molar-refractivity contribution in [2.45, 2.75) is 34.0 Å². The molecule has 0 aliphatic heterocycles. The van der Waals surface area contributed by atoms with Crippen LogP contribution in [0.2, 0.25) is 0 Å². The molecule has 0 spiro atoms. The van der Waals surface area contributed by atoms with Crippen LogP contribution in [0.4, 0.5) is 0 Å². The molecular formula is C24H26O3. The Morgan fingerprint density at radius 1 is 0.630 bits per heavy atom. The van der Waals surface area contributed by atoms with Crippen LogP contribution in [0.15, 0.2) is 60.7 Å². The van der Waals surface area contributed by atoms with Gasteiger partial charge < -0.3 is 14.2 Å². The van der Waals surface area contributed by atoms with Crippen LogP contribution >= 0.6 is 0 Å². The minimum Gasteiger partial charge on any atom is -0.496 e. The quantitative estimate of drug-likeness (QED) is 0.497. The van der Waals surface area contributed by atoms with Crippen LogP contribution in [-0.4, -0.2) is 7.11 Å². The zero-order chi connectivity index (χ0) is 19.4. The van der Waals surface area contributed by atoms with Crippen molar-refractivity contribution >= 4 is 0 Å². The predicted octanol–water partition coefficient (Wildman–Crippen LogP) is 6.09. The van der Waals surface area contributed by atoms with Gasteiger partial charge in [-0.3, -0.25) is 0 Å². The van der Waals surface area contributed by atoms with E-state index in [0.717, 1.165) is 33.9 Å². The maximum atomic E-state index is 6.21. The predicted molar refractivity (Wildman–Crippen MR) is 109 cm³/mol. The molecule has 140 valence electrons. The third kappa shape index (κ3) is 4.62. The average molecular weight is 362 g/mol. The molecule has 3 heteroatoms. The third-order valence-electron chi connectivity index (χ3n) is 4.49. The standard InChI is InChI=1S/C24H26O3/c1-16-6-10-21(11-7-16)26-24(27-22-12-8-17(2)9-13-22)20-14-18(3)23(25-5)19(4)15-20/h6-15,24H,1-5H3. The highest BCUT2D eigenvalue weighted by molar-refractivity contribution is 5.44. The number of ether oxygens (including phenoxy) is 3. The molecule has 27 heavy (non-hydrogen) atoms. The minimum atomic E-state index is -0.557. The SMILES string of the molecule is COc1c(C)cc(C(Oc2ccc(C)cc2)Oc2ccc(C)cc2)cc1C. The van der Waals surface area contributed by atoms with E-state index < -0.39 is 6.29 Å². The van der Waals surface area contributed by atoms with E-state index in [1.807, 2.05) is 62.4 Å². The molecule has 0 unspecified atom stereocenters. The van der Waals surface area contributed by atoms with Crippen molar-refractivity contribution in [1.29, 1.82) is 0 Å². The molecule has 0 amide bonds. The van der Waals surface area contributed by atoms with E-state index in [9.17, 15) is 0 Å². The summed E-state index contributed by atoms with van der Waals surface area (Å²) in [7, 11) is 1.69. The fourth-order valence-electron chi connectivity index (χ4n) is 3.08. The number of hydrogen-bond acceptors (Lipinski definition) is 3. The van der Waals surface area contributed by atoms with Gasteiger partial charge in [-0.2, -0.15) is 0 Å².